The van der Waals surface area contributed by atoms with Crippen LogP contribution in [-0.2, 0) is 58.3 Å². The minimum Gasteiger partial charge on any atom is -0.507 e. The normalized spacial score (nSPS) is 13.2. The van der Waals surface area contributed by atoms with Gasteiger partial charge in [-0.15, -0.1) is 0 Å². The Balaban J connectivity index is 2.12. The first-order valence-electron chi connectivity index (χ1n) is 19.6. The summed E-state index contributed by atoms with van der Waals surface area (Å²) in [6.45, 7) is 27.7. The molecule has 0 radical (unpaired) electrons. The Morgan fingerprint density at radius 3 is 1.37 bits per heavy atom. The van der Waals surface area contributed by atoms with Crippen LogP contribution in [0.25, 0.3) is 0 Å². The zero-order chi connectivity index (χ0) is 39.5. The Hall–Kier alpha value is -3.06. The Morgan fingerprint density at radius 1 is 0.577 bits per heavy atom. The van der Waals surface area contributed by atoms with E-state index >= 15 is 0 Å². The number of ether oxygens (including phenoxy) is 3. The van der Waals surface area contributed by atoms with Crippen molar-refractivity contribution < 1.29 is 34.0 Å². The third-order valence-corrected chi connectivity index (χ3v) is 9.48. The third kappa shape index (κ3) is 14.8. The molecule has 7 heteroatoms. The van der Waals surface area contributed by atoms with E-state index in [2.05, 4.69) is 90.0 Å². The van der Waals surface area contributed by atoms with Gasteiger partial charge in [0.1, 0.15) is 18.1 Å². The summed E-state index contributed by atoms with van der Waals surface area (Å²) >= 11 is 0. The van der Waals surface area contributed by atoms with Crippen LogP contribution in [0, 0.1) is 0 Å². The number of carbonyl (C=O) groups excluding carboxylic acids is 2. The number of hydrogen-bond donors (Lipinski definition) is 2. The van der Waals surface area contributed by atoms with Gasteiger partial charge in [-0.2, -0.15) is 0 Å². The van der Waals surface area contributed by atoms with E-state index in [0.29, 0.717) is 30.9 Å². The van der Waals surface area contributed by atoms with Crippen LogP contribution >= 0.6 is 0 Å². The highest BCUT2D eigenvalue weighted by atomic mass is 16.6. The lowest BCUT2D eigenvalue weighted by Gasteiger charge is -2.28. The van der Waals surface area contributed by atoms with Crippen molar-refractivity contribution in [3.05, 3.63) is 57.6 Å². The van der Waals surface area contributed by atoms with Crippen LogP contribution in [0.15, 0.2) is 24.3 Å². The first kappa shape index (κ1) is 45.1. The van der Waals surface area contributed by atoms with Gasteiger partial charge in [0, 0.05) is 19.4 Å². The van der Waals surface area contributed by atoms with Gasteiger partial charge >= 0.3 is 11.9 Å². The standard InChI is InChI=1S/C45H72O7/c1-14-15-16-17-18-19-24-50-29-33(52-39(47)23-21-32-27-36(44(8,9)10)41(49)37(28-32)45(11,12)13)30-51-38(46)22-20-31-25-34(42(2,3)4)40(48)35(26-31)43(5,6)7/h25-28,33,48-49H,14-24,29-30H2,1-13H3. The molecule has 2 rings (SSSR count). The number of phenolic OH excluding ortho intramolecular Hbond substituents is 2. The quantitative estimate of drug-likeness (QED) is 0.117. The van der Waals surface area contributed by atoms with Gasteiger partial charge in [-0.05, 0) is 74.3 Å². The minimum atomic E-state index is -0.722. The molecule has 0 aliphatic carbocycles. The number of unbranched alkanes of at least 4 members (excludes halogenated alkanes) is 5. The van der Waals surface area contributed by atoms with Crippen molar-refractivity contribution in [2.24, 2.45) is 0 Å². The lowest BCUT2D eigenvalue weighted by molar-refractivity contribution is -0.162. The van der Waals surface area contributed by atoms with E-state index in [4.69, 9.17) is 14.2 Å². The van der Waals surface area contributed by atoms with Gasteiger partial charge in [0.25, 0.3) is 0 Å². The molecular weight excluding hydrogens is 652 g/mol. The fraction of sp³-hybridized carbons (Fsp3) is 0.689. The van der Waals surface area contributed by atoms with Crippen molar-refractivity contribution in [2.75, 3.05) is 19.8 Å². The highest BCUT2D eigenvalue weighted by Crippen LogP contribution is 2.41. The highest BCUT2D eigenvalue weighted by molar-refractivity contribution is 5.71. The molecular formula is C45H72O7. The van der Waals surface area contributed by atoms with E-state index < -0.39 is 6.10 Å². The number of hydrogen-bond acceptors (Lipinski definition) is 7. The van der Waals surface area contributed by atoms with Gasteiger partial charge in [-0.3, -0.25) is 9.59 Å². The number of esters is 2. The Bertz CT molecular complexity index is 1370. The molecule has 0 saturated carbocycles. The van der Waals surface area contributed by atoms with E-state index in [1.54, 1.807) is 0 Å². The molecule has 0 spiro atoms. The second kappa shape index (κ2) is 19.3. The number of aryl methyl sites for hydroxylation is 2. The molecule has 1 atom stereocenters. The molecule has 7 nitrogen and oxygen atoms in total. The predicted octanol–water partition coefficient (Wildman–Crippen LogP) is 10.7. The Labute approximate surface area is 316 Å². The molecule has 2 N–H and O–H groups in total. The van der Waals surface area contributed by atoms with Crippen molar-refractivity contribution in [2.45, 2.75) is 182 Å². The molecule has 0 aliphatic rings. The molecule has 0 heterocycles. The molecule has 0 bridgehead atoms. The summed E-state index contributed by atoms with van der Waals surface area (Å²) in [7, 11) is 0. The van der Waals surface area contributed by atoms with Crippen molar-refractivity contribution in [3.63, 3.8) is 0 Å². The largest absolute Gasteiger partial charge is 0.507 e. The van der Waals surface area contributed by atoms with E-state index in [1.807, 2.05) is 24.3 Å². The summed E-state index contributed by atoms with van der Waals surface area (Å²) in [5.41, 5.74) is 4.28. The van der Waals surface area contributed by atoms with Gasteiger partial charge in [0.2, 0.25) is 0 Å². The second-order valence-electron chi connectivity index (χ2n) is 18.7. The summed E-state index contributed by atoms with van der Waals surface area (Å²) < 4.78 is 17.5. The number of rotatable bonds is 18. The number of phenols is 2. The average Bonchev–Trinajstić information content (AvgIpc) is 3.01. The maximum Gasteiger partial charge on any atom is 0.306 e. The summed E-state index contributed by atoms with van der Waals surface area (Å²) in [5, 5.41) is 22.2. The van der Waals surface area contributed by atoms with Gasteiger partial charge < -0.3 is 24.4 Å². The highest BCUT2D eigenvalue weighted by Gasteiger charge is 2.28. The Morgan fingerprint density at radius 2 is 0.962 bits per heavy atom. The molecule has 0 fully saturated rings. The molecule has 0 aromatic heterocycles. The molecule has 0 amide bonds. The summed E-state index contributed by atoms with van der Waals surface area (Å²) in [5.74, 6) is -0.148. The van der Waals surface area contributed by atoms with Crippen LogP contribution in [0.2, 0.25) is 0 Å². The zero-order valence-corrected chi connectivity index (χ0v) is 35.0. The SMILES string of the molecule is CCCCCCCCOCC(COC(=O)CCc1cc(C(C)(C)C)c(O)c(C(C)(C)C)c1)OC(=O)CCc1cc(C(C)(C)C)c(O)c(C(C)(C)C)c1. The van der Waals surface area contributed by atoms with Gasteiger partial charge in [-0.25, -0.2) is 0 Å². The summed E-state index contributed by atoms with van der Waals surface area (Å²) in [6, 6.07) is 7.95. The fourth-order valence-corrected chi connectivity index (χ4v) is 6.28. The number of carbonyl (C=O) groups is 2. The number of aromatic hydroxyl groups is 2. The predicted molar refractivity (Wildman–Crippen MR) is 213 cm³/mol. The lowest BCUT2D eigenvalue weighted by Crippen LogP contribution is -2.30. The van der Waals surface area contributed by atoms with Crippen LogP contribution in [0.1, 0.15) is 175 Å². The fourth-order valence-electron chi connectivity index (χ4n) is 6.28. The van der Waals surface area contributed by atoms with Crippen LogP contribution in [0.5, 0.6) is 11.5 Å². The molecule has 294 valence electrons. The summed E-state index contributed by atoms with van der Waals surface area (Å²) in [6.07, 6.45) is 7.36. The first-order chi connectivity index (χ1) is 23.9. The molecule has 2 aromatic carbocycles. The lowest BCUT2D eigenvalue weighted by atomic mass is 9.78. The average molecular weight is 725 g/mol. The summed E-state index contributed by atoms with van der Waals surface area (Å²) in [4.78, 5) is 26.2. The molecule has 2 aromatic rings. The van der Waals surface area contributed by atoms with Gasteiger partial charge in [0.15, 0.2) is 6.10 Å². The van der Waals surface area contributed by atoms with E-state index in [1.165, 1.54) is 25.7 Å². The van der Waals surface area contributed by atoms with Crippen molar-refractivity contribution >= 4 is 11.9 Å². The van der Waals surface area contributed by atoms with Crippen molar-refractivity contribution in [1.82, 2.24) is 0 Å². The zero-order valence-electron chi connectivity index (χ0n) is 35.0. The second-order valence-corrected chi connectivity index (χ2v) is 18.7. The van der Waals surface area contributed by atoms with E-state index in [9.17, 15) is 19.8 Å². The van der Waals surface area contributed by atoms with Crippen LogP contribution in [0.3, 0.4) is 0 Å². The molecule has 0 aliphatic heterocycles. The maximum atomic E-state index is 13.2. The smallest absolute Gasteiger partial charge is 0.306 e. The maximum absolute atomic E-state index is 13.2. The van der Waals surface area contributed by atoms with Crippen LogP contribution in [-0.4, -0.2) is 48.1 Å². The topological polar surface area (TPSA) is 102 Å². The van der Waals surface area contributed by atoms with Crippen molar-refractivity contribution in [1.29, 1.82) is 0 Å². The van der Waals surface area contributed by atoms with Gasteiger partial charge in [0.05, 0.1) is 6.61 Å². The van der Waals surface area contributed by atoms with Crippen LogP contribution < -0.4 is 0 Å². The number of benzene rings is 2. The monoisotopic (exact) mass is 725 g/mol. The minimum absolute atomic E-state index is 0.0846. The van der Waals surface area contributed by atoms with Crippen LogP contribution in [0.4, 0.5) is 0 Å². The molecule has 52 heavy (non-hydrogen) atoms. The third-order valence-electron chi connectivity index (χ3n) is 9.48. The van der Waals surface area contributed by atoms with E-state index in [-0.39, 0.29) is 59.7 Å². The first-order valence-corrected chi connectivity index (χ1v) is 19.6. The molecule has 0 saturated heterocycles. The van der Waals surface area contributed by atoms with Gasteiger partial charge in [-0.1, -0.05) is 146 Å². The molecule has 1 unspecified atom stereocenters. The van der Waals surface area contributed by atoms with Crippen molar-refractivity contribution in [3.8, 4) is 11.5 Å². The van der Waals surface area contributed by atoms with E-state index in [0.717, 1.165) is 46.2 Å². The Kier molecular flexibility index (Phi) is 16.8.